The van der Waals surface area contributed by atoms with Gasteiger partial charge in [-0.1, -0.05) is 12.1 Å². The lowest BCUT2D eigenvalue weighted by Crippen LogP contribution is -2.38. The number of rotatable bonds is 7. The zero-order valence-corrected chi connectivity index (χ0v) is 18.4. The Balaban J connectivity index is 0.00000312. The largest absolute Gasteiger partial charge is 0.497 e. The predicted molar refractivity (Wildman–Crippen MR) is 116 cm³/mol. The Morgan fingerprint density at radius 3 is 2.60 bits per heavy atom. The predicted octanol–water partition coefficient (Wildman–Crippen LogP) is 3.72. The number of aliphatic imine (C=N–C) groups is 1. The van der Waals surface area contributed by atoms with E-state index in [-0.39, 0.29) is 24.0 Å². The van der Waals surface area contributed by atoms with E-state index in [1.807, 2.05) is 26.1 Å². The Morgan fingerprint density at radius 2 is 2.04 bits per heavy atom. The minimum absolute atomic E-state index is 0. The van der Waals surface area contributed by atoms with Gasteiger partial charge in [-0.3, -0.25) is 4.99 Å². The van der Waals surface area contributed by atoms with Crippen LogP contribution in [0.5, 0.6) is 5.75 Å². The van der Waals surface area contributed by atoms with Crippen molar-refractivity contribution in [3.05, 3.63) is 45.9 Å². The highest BCUT2D eigenvalue weighted by atomic mass is 127. The number of aromatic nitrogens is 1. The molecule has 7 heteroatoms. The van der Waals surface area contributed by atoms with E-state index in [9.17, 15) is 0 Å². The molecule has 5 nitrogen and oxygen atoms in total. The van der Waals surface area contributed by atoms with Gasteiger partial charge in [0.1, 0.15) is 5.75 Å². The molecule has 1 aromatic heterocycles. The number of hydrogen-bond donors (Lipinski definition) is 1. The fraction of sp³-hybridized carbons (Fsp3) is 0.444. The van der Waals surface area contributed by atoms with Crippen molar-refractivity contribution < 1.29 is 4.74 Å². The number of guanidine groups is 1. The fourth-order valence-corrected chi connectivity index (χ4v) is 2.96. The molecule has 0 aliphatic heterocycles. The smallest absolute Gasteiger partial charge is 0.194 e. The first-order valence-electron chi connectivity index (χ1n) is 8.15. The van der Waals surface area contributed by atoms with E-state index in [1.54, 1.807) is 18.4 Å². The summed E-state index contributed by atoms with van der Waals surface area (Å²) in [5.74, 6) is 1.80. The maximum Gasteiger partial charge on any atom is 0.194 e. The van der Waals surface area contributed by atoms with E-state index in [0.29, 0.717) is 0 Å². The van der Waals surface area contributed by atoms with Gasteiger partial charge in [0.15, 0.2) is 5.96 Å². The van der Waals surface area contributed by atoms with E-state index in [1.165, 1.54) is 5.56 Å². The normalized spacial score (nSPS) is 11.0. The standard InChI is InChI=1S/C18H26N4OS.HI/c1-5-19-18(22(3)12-16-13-24-14(2)21-16)20-11-10-15-6-8-17(23-4)9-7-15;/h6-9,13H,5,10-12H2,1-4H3,(H,19,20);1H. The van der Waals surface area contributed by atoms with Gasteiger partial charge in [0.2, 0.25) is 0 Å². The van der Waals surface area contributed by atoms with Crippen LogP contribution in [0.4, 0.5) is 0 Å². The van der Waals surface area contributed by atoms with Crippen LogP contribution < -0.4 is 10.1 Å². The summed E-state index contributed by atoms with van der Waals surface area (Å²) < 4.78 is 5.18. The van der Waals surface area contributed by atoms with Crippen LogP contribution in [0.2, 0.25) is 0 Å². The molecule has 0 atom stereocenters. The minimum atomic E-state index is 0. The van der Waals surface area contributed by atoms with Crippen molar-refractivity contribution in [1.82, 2.24) is 15.2 Å². The van der Waals surface area contributed by atoms with Gasteiger partial charge in [-0.2, -0.15) is 0 Å². The molecule has 0 aliphatic carbocycles. The van der Waals surface area contributed by atoms with Crippen LogP contribution in [0, 0.1) is 6.92 Å². The average Bonchev–Trinajstić information content (AvgIpc) is 2.99. The summed E-state index contributed by atoms with van der Waals surface area (Å²) in [5.41, 5.74) is 2.34. The van der Waals surface area contributed by atoms with E-state index in [0.717, 1.165) is 48.5 Å². The van der Waals surface area contributed by atoms with Crippen LogP contribution in [0.1, 0.15) is 23.2 Å². The lowest BCUT2D eigenvalue weighted by molar-refractivity contribution is 0.414. The first kappa shape index (κ1) is 21.7. The Labute approximate surface area is 171 Å². The number of ether oxygens (including phenoxy) is 1. The molecule has 0 saturated carbocycles. The number of halogens is 1. The van der Waals surface area contributed by atoms with Crippen molar-refractivity contribution in [2.45, 2.75) is 26.8 Å². The van der Waals surface area contributed by atoms with Gasteiger partial charge in [0.05, 0.1) is 24.4 Å². The lowest BCUT2D eigenvalue weighted by Gasteiger charge is -2.21. The highest BCUT2D eigenvalue weighted by Crippen LogP contribution is 2.12. The Kier molecular flexibility index (Phi) is 9.81. The summed E-state index contributed by atoms with van der Waals surface area (Å²) in [4.78, 5) is 11.4. The minimum Gasteiger partial charge on any atom is -0.497 e. The van der Waals surface area contributed by atoms with Crippen molar-refractivity contribution >= 4 is 41.3 Å². The molecule has 0 amide bonds. The van der Waals surface area contributed by atoms with Crippen LogP contribution in [-0.4, -0.2) is 43.1 Å². The van der Waals surface area contributed by atoms with Gasteiger partial charge in [-0.25, -0.2) is 4.98 Å². The molecule has 25 heavy (non-hydrogen) atoms. The fourth-order valence-electron chi connectivity index (χ4n) is 2.35. The van der Waals surface area contributed by atoms with E-state index in [2.05, 4.69) is 39.6 Å². The van der Waals surface area contributed by atoms with Crippen LogP contribution in [0.15, 0.2) is 34.6 Å². The molecule has 0 bridgehead atoms. The van der Waals surface area contributed by atoms with Crippen LogP contribution in [0.3, 0.4) is 0 Å². The van der Waals surface area contributed by atoms with Crippen molar-refractivity contribution in [1.29, 1.82) is 0 Å². The van der Waals surface area contributed by atoms with E-state index < -0.39 is 0 Å². The molecular weight excluding hydrogens is 447 g/mol. The molecule has 1 N–H and O–H groups in total. The molecule has 0 unspecified atom stereocenters. The molecule has 0 aliphatic rings. The monoisotopic (exact) mass is 474 g/mol. The second kappa shape index (κ2) is 11.3. The number of hydrogen-bond acceptors (Lipinski definition) is 4. The topological polar surface area (TPSA) is 49.8 Å². The summed E-state index contributed by atoms with van der Waals surface area (Å²) in [7, 11) is 3.73. The molecule has 0 saturated heterocycles. The Hall–Kier alpha value is -1.35. The van der Waals surface area contributed by atoms with Crippen molar-refractivity contribution in [2.24, 2.45) is 4.99 Å². The highest BCUT2D eigenvalue weighted by molar-refractivity contribution is 14.0. The summed E-state index contributed by atoms with van der Waals surface area (Å²) in [6.45, 7) is 6.47. The molecule has 0 radical (unpaired) electrons. The number of aryl methyl sites for hydroxylation is 1. The molecule has 2 aromatic rings. The van der Waals surface area contributed by atoms with Gasteiger partial charge in [-0.15, -0.1) is 35.3 Å². The third kappa shape index (κ3) is 7.19. The van der Waals surface area contributed by atoms with Gasteiger partial charge in [-0.05, 0) is 38.0 Å². The highest BCUT2D eigenvalue weighted by Gasteiger charge is 2.08. The maximum atomic E-state index is 5.18. The molecular formula is C18H27IN4OS. The molecule has 138 valence electrons. The van der Waals surface area contributed by atoms with Gasteiger partial charge >= 0.3 is 0 Å². The van der Waals surface area contributed by atoms with Crippen LogP contribution >= 0.6 is 35.3 Å². The van der Waals surface area contributed by atoms with Crippen molar-refractivity contribution in [2.75, 3.05) is 27.2 Å². The maximum absolute atomic E-state index is 5.18. The SMILES string of the molecule is CCNC(=NCCc1ccc(OC)cc1)N(C)Cc1csc(C)n1.I. The zero-order valence-electron chi connectivity index (χ0n) is 15.3. The number of thiazole rings is 1. The summed E-state index contributed by atoms with van der Waals surface area (Å²) in [5, 5.41) is 6.55. The third-order valence-corrected chi connectivity index (χ3v) is 4.41. The molecule has 0 spiro atoms. The van der Waals surface area contributed by atoms with Gasteiger partial charge in [0.25, 0.3) is 0 Å². The first-order valence-corrected chi connectivity index (χ1v) is 9.03. The molecule has 1 heterocycles. The third-order valence-electron chi connectivity index (χ3n) is 3.58. The first-order chi connectivity index (χ1) is 11.6. The summed E-state index contributed by atoms with van der Waals surface area (Å²) in [6.07, 6.45) is 0.905. The number of methoxy groups -OCH3 is 1. The van der Waals surface area contributed by atoms with Gasteiger partial charge < -0.3 is 15.0 Å². The van der Waals surface area contributed by atoms with Crippen LogP contribution in [-0.2, 0) is 13.0 Å². The van der Waals surface area contributed by atoms with E-state index in [4.69, 9.17) is 9.73 Å². The quantitative estimate of drug-likeness (QED) is 0.378. The molecule has 1 aromatic carbocycles. The summed E-state index contributed by atoms with van der Waals surface area (Å²) in [6, 6.07) is 8.15. The van der Waals surface area contributed by atoms with Gasteiger partial charge in [0, 0.05) is 25.5 Å². The lowest BCUT2D eigenvalue weighted by atomic mass is 10.1. The average molecular weight is 474 g/mol. The molecule has 0 fully saturated rings. The number of nitrogens with one attached hydrogen (secondary N) is 1. The number of nitrogens with zero attached hydrogens (tertiary/aromatic N) is 3. The zero-order chi connectivity index (χ0) is 17.4. The van der Waals surface area contributed by atoms with Crippen LogP contribution in [0.25, 0.3) is 0 Å². The Morgan fingerprint density at radius 1 is 1.32 bits per heavy atom. The van der Waals surface area contributed by atoms with Crippen molar-refractivity contribution in [3.63, 3.8) is 0 Å². The Bertz CT molecular complexity index is 657. The number of benzene rings is 1. The molecule has 2 rings (SSSR count). The van der Waals surface area contributed by atoms with E-state index >= 15 is 0 Å². The second-order valence-corrected chi connectivity index (χ2v) is 6.61. The second-order valence-electron chi connectivity index (χ2n) is 5.55. The van der Waals surface area contributed by atoms with Crippen molar-refractivity contribution in [3.8, 4) is 5.75 Å². The summed E-state index contributed by atoms with van der Waals surface area (Å²) >= 11 is 1.68.